The van der Waals surface area contributed by atoms with Crippen molar-refractivity contribution in [3.8, 4) is 0 Å². The average Bonchev–Trinajstić information content (AvgIpc) is 2.14. The monoisotopic (exact) mass is 138 g/mol. The molecule has 10 heavy (non-hydrogen) atoms. The zero-order chi connectivity index (χ0) is 8.24. The first kappa shape index (κ1) is 12.0. The van der Waals surface area contributed by atoms with Gasteiger partial charge in [0.15, 0.2) is 0 Å². The van der Waals surface area contributed by atoms with Crippen molar-refractivity contribution in [1.29, 1.82) is 0 Å². The zero-order valence-electron chi connectivity index (χ0n) is 7.46. The molecule has 0 unspecified atom stereocenters. The minimum absolute atomic E-state index is 2.00. The van der Waals surface area contributed by atoms with E-state index in [4.69, 9.17) is 0 Å². The molecule has 0 fully saturated rings. The van der Waals surface area contributed by atoms with Gasteiger partial charge in [-0.25, -0.2) is 0 Å². The lowest BCUT2D eigenvalue weighted by Gasteiger charge is -1.69. The van der Waals surface area contributed by atoms with E-state index in [-0.39, 0.29) is 0 Å². The molecule has 0 N–H and O–H groups in total. The van der Waals surface area contributed by atoms with Crippen molar-refractivity contribution in [3.63, 3.8) is 0 Å². The van der Waals surface area contributed by atoms with E-state index in [2.05, 4.69) is 0 Å². The van der Waals surface area contributed by atoms with Crippen LogP contribution in [-0.4, -0.2) is 0 Å². The van der Waals surface area contributed by atoms with Gasteiger partial charge in [-0.1, -0.05) is 64.1 Å². The second-order valence-corrected chi connectivity index (χ2v) is 1.15. The molecule has 0 saturated carbocycles. The van der Waals surface area contributed by atoms with Crippen LogP contribution in [0.5, 0.6) is 0 Å². The molecule has 0 aliphatic rings. The fourth-order valence-corrected chi connectivity index (χ4v) is 0.385. The van der Waals surface area contributed by atoms with Gasteiger partial charge in [0.2, 0.25) is 0 Å². The lowest BCUT2D eigenvalue weighted by Crippen LogP contribution is -1.47. The average molecular weight is 138 g/mol. The van der Waals surface area contributed by atoms with Crippen molar-refractivity contribution in [2.24, 2.45) is 0 Å². The normalized spacial score (nSPS) is 6.00. The van der Waals surface area contributed by atoms with Crippen LogP contribution in [-0.2, 0) is 0 Å². The van der Waals surface area contributed by atoms with Crippen LogP contribution < -0.4 is 0 Å². The van der Waals surface area contributed by atoms with Crippen LogP contribution >= 0.6 is 0 Å². The Morgan fingerprint density at radius 2 is 0.500 bits per heavy atom. The molecule has 1 aromatic carbocycles. The summed E-state index contributed by atoms with van der Waals surface area (Å²) in [6.45, 7) is 8.00. The molecule has 0 heteroatoms. The second-order valence-electron chi connectivity index (χ2n) is 1.15. The molecule has 0 saturated heterocycles. The van der Waals surface area contributed by atoms with Crippen LogP contribution in [0.25, 0.3) is 0 Å². The molecular formula is C10H18. The van der Waals surface area contributed by atoms with Gasteiger partial charge in [0.1, 0.15) is 0 Å². The molecule has 0 aliphatic carbocycles. The van der Waals surface area contributed by atoms with Gasteiger partial charge in [0.05, 0.1) is 0 Å². The summed E-state index contributed by atoms with van der Waals surface area (Å²) in [5, 5.41) is 0. The van der Waals surface area contributed by atoms with Gasteiger partial charge in [-0.3, -0.25) is 0 Å². The highest BCUT2D eigenvalue weighted by atomic mass is 13.6. The fourth-order valence-electron chi connectivity index (χ4n) is 0.385. The fraction of sp³-hybridized carbons (Fsp3) is 0.400. The third-order valence-corrected chi connectivity index (χ3v) is 0.667. The van der Waals surface area contributed by atoms with E-state index in [1.165, 1.54) is 0 Å². The van der Waals surface area contributed by atoms with Crippen molar-refractivity contribution in [2.45, 2.75) is 27.7 Å². The Morgan fingerprint density at radius 3 is 0.600 bits per heavy atom. The Kier molecular flexibility index (Phi) is 18.8. The Labute approximate surface area is 64.9 Å². The van der Waals surface area contributed by atoms with E-state index in [0.717, 1.165) is 0 Å². The first-order chi connectivity index (χ1) is 5.00. The van der Waals surface area contributed by atoms with Crippen LogP contribution in [0.2, 0.25) is 0 Å². The molecule has 0 atom stereocenters. The first-order valence-electron chi connectivity index (χ1n) is 4.00. The third kappa shape index (κ3) is 10.3. The molecule has 58 valence electrons. The minimum atomic E-state index is 2.00. The van der Waals surface area contributed by atoms with Crippen LogP contribution in [0.4, 0.5) is 0 Å². The van der Waals surface area contributed by atoms with Gasteiger partial charge in [-0.2, -0.15) is 0 Å². The lowest BCUT2D eigenvalue weighted by atomic mass is 10.4. The predicted molar refractivity (Wildman–Crippen MR) is 49.1 cm³/mol. The molecule has 0 radical (unpaired) electrons. The summed E-state index contributed by atoms with van der Waals surface area (Å²) in [6.07, 6.45) is 0. The largest absolute Gasteiger partial charge is 0.0683 e. The summed E-state index contributed by atoms with van der Waals surface area (Å²) in [5.74, 6) is 0. The molecule has 0 aromatic heterocycles. The first-order valence-corrected chi connectivity index (χ1v) is 4.00. The molecular weight excluding hydrogens is 120 g/mol. The molecule has 0 bridgehead atoms. The number of rotatable bonds is 0. The summed E-state index contributed by atoms with van der Waals surface area (Å²) < 4.78 is 0. The molecule has 1 aromatic rings. The standard InChI is InChI=1S/C6H6.2C2H6/c1-2-4-6-5-3-1;2*1-2/h1-6H;2*1-2H3. The molecule has 0 nitrogen and oxygen atoms in total. The van der Waals surface area contributed by atoms with E-state index < -0.39 is 0 Å². The van der Waals surface area contributed by atoms with Gasteiger partial charge in [0, 0.05) is 0 Å². The van der Waals surface area contributed by atoms with Crippen LogP contribution in [0.3, 0.4) is 0 Å². The SMILES string of the molecule is CC.CC.c1ccccc1. The van der Waals surface area contributed by atoms with Crippen molar-refractivity contribution in [3.05, 3.63) is 36.4 Å². The van der Waals surface area contributed by atoms with Crippen molar-refractivity contribution in [2.75, 3.05) is 0 Å². The van der Waals surface area contributed by atoms with Crippen LogP contribution in [0.15, 0.2) is 36.4 Å². The van der Waals surface area contributed by atoms with Gasteiger partial charge in [-0.05, 0) is 0 Å². The van der Waals surface area contributed by atoms with Crippen LogP contribution in [0, 0.1) is 0 Å². The number of benzene rings is 1. The van der Waals surface area contributed by atoms with Gasteiger partial charge < -0.3 is 0 Å². The van der Waals surface area contributed by atoms with Gasteiger partial charge >= 0.3 is 0 Å². The van der Waals surface area contributed by atoms with Crippen LogP contribution in [0.1, 0.15) is 27.7 Å². The molecule has 0 spiro atoms. The Bertz CT molecular complexity index is 72.0. The molecule has 1 rings (SSSR count). The molecule has 0 aliphatic heterocycles. The van der Waals surface area contributed by atoms with Crippen molar-refractivity contribution in [1.82, 2.24) is 0 Å². The minimum Gasteiger partial charge on any atom is -0.0683 e. The highest BCUT2D eigenvalue weighted by Gasteiger charge is 1.57. The van der Waals surface area contributed by atoms with Gasteiger partial charge in [0.25, 0.3) is 0 Å². The van der Waals surface area contributed by atoms with E-state index in [9.17, 15) is 0 Å². The summed E-state index contributed by atoms with van der Waals surface area (Å²) in [5.41, 5.74) is 0. The quantitative estimate of drug-likeness (QED) is 0.512. The Hall–Kier alpha value is -0.780. The van der Waals surface area contributed by atoms with E-state index in [0.29, 0.717) is 0 Å². The summed E-state index contributed by atoms with van der Waals surface area (Å²) in [7, 11) is 0. The summed E-state index contributed by atoms with van der Waals surface area (Å²) in [6, 6.07) is 12.0. The zero-order valence-corrected chi connectivity index (χ0v) is 7.46. The van der Waals surface area contributed by atoms with E-state index in [1.54, 1.807) is 0 Å². The Morgan fingerprint density at radius 1 is 0.400 bits per heavy atom. The predicted octanol–water partition coefficient (Wildman–Crippen LogP) is 3.74. The van der Waals surface area contributed by atoms with E-state index in [1.807, 2.05) is 64.1 Å². The summed E-state index contributed by atoms with van der Waals surface area (Å²) in [4.78, 5) is 0. The van der Waals surface area contributed by atoms with Crippen molar-refractivity contribution < 1.29 is 0 Å². The molecule has 0 heterocycles. The van der Waals surface area contributed by atoms with Gasteiger partial charge in [-0.15, -0.1) is 0 Å². The third-order valence-electron chi connectivity index (χ3n) is 0.667. The number of hydrogen-bond acceptors (Lipinski definition) is 0. The number of hydrogen-bond donors (Lipinski definition) is 0. The smallest absolute Gasteiger partial charge is 0.0623 e. The molecule has 0 amide bonds. The lowest BCUT2D eigenvalue weighted by molar-refractivity contribution is 1.50. The highest BCUT2D eigenvalue weighted by Crippen LogP contribution is 1.79. The maximum atomic E-state index is 2.00. The maximum Gasteiger partial charge on any atom is -0.0623 e. The van der Waals surface area contributed by atoms with Crippen molar-refractivity contribution >= 4 is 0 Å². The maximum absolute atomic E-state index is 2.00. The summed E-state index contributed by atoms with van der Waals surface area (Å²) >= 11 is 0. The van der Waals surface area contributed by atoms with E-state index >= 15 is 0 Å². The topological polar surface area (TPSA) is 0 Å². The highest BCUT2D eigenvalue weighted by molar-refractivity contribution is 4.99. The Balaban J connectivity index is 0. The second kappa shape index (κ2) is 15.7.